The first-order valence-electron chi connectivity index (χ1n) is 6.94. The second kappa shape index (κ2) is 7.98. The number of hydrogen-bond acceptors (Lipinski definition) is 2. The Bertz CT molecular complexity index is 593. The average molecular weight is 407 g/mol. The van der Waals surface area contributed by atoms with E-state index in [1.54, 1.807) is 11.3 Å². The van der Waals surface area contributed by atoms with Crippen molar-refractivity contribution in [3.63, 3.8) is 0 Å². The van der Waals surface area contributed by atoms with E-state index in [0.717, 1.165) is 19.4 Å². The first-order chi connectivity index (χ1) is 10.0. The molecule has 1 nitrogen and oxygen atoms in total. The third-order valence-corrected chi connectivity index (χ3v) is 6.27. The summed E-state index contributed by atoms with van der Waals surface area (Å²) in [6, 6.07) is 8.42. The Morgan fingerprint density at radius 1 is 1.24 bits per heavy atom. The van der Waals surface area contributed by atoms with Crippen LogP contribution in [0.25, 0.3) is 0 Å². The van der Waals surface area contributed by atoms with Crippen LogP contribution in [-0.4, -0.2) is 6.54 Å². The predicted molar refractivity (Wildman–Crippen MR) is 98.0 cm³/mol. The van der Waals surface area contributed by atoms with Crippen LogP contribution >= 0.6 is 50.5 Å². The summed E-state index contributed by atoms with van der Waals surface area (Å²) in [5.74, 6) is 0. The van der Waals surface area contributed by atoms with Crippen molar-refractivity contribution < 1.29 is 0 Å². The second-order valence-electron chi connectivity index (χ2n) is 5.06. The van der Waals surface area contributed by atoms with Crippen molar-refractivity contribution in [2.75, 3.05) is 6.54 Å². The van der Waals surface area contributed by atoms with Crippen LogP contribution in [0.3, 0.4) is 0 Å². The van der Waals surface area contributed by atoms with Crippen LogP contribution in [-0.2, 0) is 6.42 Å². The monoisotopic (exact) mass is 405 g/mol. The van der Waals surface area contributed by atoms with E-state index in [2.05, 4.69) is 41.2 Å². The second-order valence-corrected chi connectivity index (χ2v) is 8.28. The fourth-order valence-electron chi connectivity index (χ4n) is 2.15. The molecule has 0 aliphatic rings. The van der Waals surface area contributed by atoms with Crippen molar-refractivity contribution in [1.82, 2.24) is 5.32 Å². The molecule has 0 saturated heterocycles. The molecule has 1 unspecified atom stereocenters. The molecule has 0 radical (unpaired) electrons. The molecule has 1 atom stereocenters. The molecule has 0 spiro atoms. The van der Waals surface area contributed by atoms with Crippen LogP contribution < -0.4 is 5.32 Å². The normalized spacial score (nSPS) is 12.6. The number of nitrogens with one attached hydrogen (secondary N) is 1. The lowest BCUT2D eigenvalue weighted by Gasteiger charge is -2.17. The maximum atomic E-state index is 6.12. The molecule has 0 fully saturated rings. The van der Waals surface area contributed by atoms with Crippen LogP contribution in [0.1, 0.15) is 35.4 Å². The molecule has 1 aromatic carbocycles. The molecule has 1 N–H and O–H groups in total. The van der Waals surface area contributed by atoms with Crippen LogP contribution in [0.4, 0.5) is 0 Å². The molecule has 2 aromatic rings. The lowest BCUT2D eigenvalue weighted by molar-refractivity contribution is 0.536. The molecule has 0 saturated carbocycles. The highest BCUT2D eigenvalue weighted by molar-refractivity contribution is 9.11. The molecule has 0 bridgehead atoms. The fourth-order valence-corrected chi connectivity index (χ4v) is 4.12. The number of thiophene rings is 1. The van der Waals surface area contributed by atoms with Gasteiger partial charge in [-0.05, 0) is 71.6 Å². The number of rotatable bonds is 6. The molecule has 21 heavy (non-hydrogen) atoms. The van der Waals surface area contributed by atoms with Gasteiger partial charge in [0.05, 0.1) is 13.8 Å². The predicted octanol–water partition coefficient (Wildman–Crippen LogP) is 6.41. The molecule has 0 aliphatic heterocycles. The van der Waals surface area contributed by atoms with Gasteiger partial charge in [-0.3, -0.25) is 0 Å². The van der Waals surface area contributed by atoms with Crippen LogP contribution in [0, 0.1) is 6.92 Å². The Balaban J connectivity index is 2.21. The van der Waals surface area contributed by atoms with Crippen molar-refractivity contribution in [3.8, 4) is 0 Å². The van der Waals surface area contributed by atoms with Gasteiger partial charge in [0.2, 0.25) is 0 Å². The largest absolute Gasteiger partial charge is 0.309 e. The number of aryl methyl sites for hydroxylation is 1. The highest BCUT2D eigenvalue weighted by Gasteiger charge is 2.16. The summed E-state index contributed by atoms with van der Waals surface area (Å²) in [4.78, 5) is 1.35. The van der Waals surface area contributed by atoms with Gasteiger partial charge in [0.15, 0.2) is 0 Å². The molecule has 0 aliphatic carbocycles. The Labute approximate surface area is 148 Å². The summed E-state index contributed by atoms with van der Waals surface area (Å²) in [7, 11) is 0. The lowest BCUT2D eigenvalue weighted by atomic mass is 10.0. The van der Waals surface area contributed by atoms with Gasteiger partial charge in [0, 0.05) is 10.9 Å². The van der Waals surface area contributed by atoms with E-state index in [-0.39, 0.29) is 0 Å². The standard InChI is InChI=1S/C16H18BrCl2NS/c1-3-6-20-14(15-7-10(2)16(17)21-15)9-11-4-5-12(18)13(19)8-11/h4-5,7-8,14,20H,3,6,9H2,1-2H3. The number of halogens is 3. The lowest BCUT2D eigenvalue weighted by Crippen LogP contribution is -2.23. The molecule has 114 valence electrons. The van der Waals surface area contributed by atoms with E-state index in [0.29, 0.717) is 16.1 Å². The summed E-state index contributed by atoms with van der Waals surface area (Å²) < 4.78 is 1.20. The van der Waals surface area contributed by atoms with Crippen LogP contribution in [0.5, 0.6) is 0 Å². The van der Waals surface area contributed by atoms with Crippen LogP contribution in [0.2, 0.25) is 10.0 Å². The SMILES string of the molecule is CCCNC(Cc1ccc(Cl)c(Cl)c1)c1cc(C)c(Br)s1. The van der Waals surface area contributed by atoms with Crippen LogP contribution in [0.15, 0.2) is 28.1 Å². The molecule has 1 aromatic heterocycles. The van der Waals surface area contributed by atoms with Crippen molar-refractivity contribution in [3.05, 3.63) is 54.1 Å². The summed E-state index contributed by atoms with van der Waals surface area (Å²) in [6.07, 6.45) is 2.02. The van der Waals surface area contributed by atoms with Gasteiger partial charge in [0.25, 0.3) is 0 Å². The smallest absolute Gasteiger partial charge is 0.0731 e. The zero-order valence-corrected chi connectivity index (χ0v) is 16.0. The fraction of sp³-hybridized carbons (Fsp3) is 0.375. The number of benzene rings is 1. The van der Waals surface area contributed by atoms with Gasteiger partial charge >= 0.3 is 0 Å². The number of hydrogen-bond donors (Lipinski definition) is 1. The first kappa shape index (κ1) is 17.3. The van der Waals surface area contributed by atoms with E-state index < -0.39 is 0 Å². The Hall–Kier alpha value is -0.0600. The molecule has 5 heteroatoms. The summed E-state index contributed by atoms with van der Waals surface area (Å²) >= 11 is 17.5. The molecule has 0 amide bonds. The minimum atomic E-state index is 0.303. The van der Waals surface area contributed by atoms with E-state index >= 15 is 0 Å². The van der Waals surface area contributed by atoms with E-state index in [4.69, 9.17) is 23.2 Å². The van der Waals surface area contributed by atoms with Gasteiger partial charge in [-0.2, -0.15) is 0 Å². The maximum Gasteiger partial charge on any atom is 0.0731 e. The quantitative estimate of drug-likeness (QED) is 0.584. The topological polar surface area (TPSA) is 12.0 Å². The summed E-state index contributed by atoms with van der Waals surface area (Å²) in [5, 5.41) is 4.84. The maximum absolute atomic E-state index is 6.12. The Morgan fingerprint density at radius 2 is 2.00 bits per heavy atom. The average Bonchev–Trinajstić information content (AvgIpc) is 2.78. The van der Waals surface area contributed by atoms with Gasteiger partial charge in [0.1, 0.15) is 0 Å². The first-order valence-corrected chi connectivity index (χ1v) is 9.31. The highest BCUT2D eigenvalue weighted by atomic mass is 79.9. The van der Waals surface area contributed by atoms with Gasteiger partial charge in [-0.15, -0.1) is 11.3 Å². The Kier molecular flexibility index (Phi) is 6.57. The van der Waals surface area contributed by atoms with Gasteiger partial charge in [-0.25, -0.2) is 0 Å². The molecular formula is C16H18BrCl2NS. The van der Waals surface area contributed by atoms with Gasteiger partial charge < -0.3 is 5.32 Å². The van der Waals surface area contributed by atoms with E-state index in [9.17, 15) is 0 Å². The van der Waals surface area contributed by atoms with Gasteiger partial charge in [-0.1, -0.05) is 36.2 Å². The minimum Gasteiger partial charge on any atom is -0.309 e. The minimum absolute atomic E-state index is 0.303. The van der Waals surface area contributed by atoms with Crippen molar-refractivity contribution in [2.45, 2.75) is 32.7 Å². The zero-order valence-electron chi connectivity index (χ0n) is 12.1. The third kappa shape index (κ3) is 4.70. The van der Waals surface area contributed by atoms with E-state index in [1.807, 2.05) is 18.2 Å². The third-order valence-electron chi connectivity index (χ3n) is 3.28. The highest BCUT2D eigenvalue weighted by Crippen LogP contribution is 2.33. The van der Waals surface area contributed by atoms with Crippen molar-refractivity contribution in [2.24, 2.45) is 0 Å². The summed E-state index contributed by atoms with van der Waals surface area (Å²) in [5.41, 5.74) is 2.48. The molecule has 2 rings (SSSR count). The van der Waals surface area contributed by atoms with Crippen molar-refractivity contribution >= 4 is 50.5 Å². The summed E-state index contributed by atoms with van der Waals surface area (Å²) in [6.45, 7) is 5.31. The zero-order chi connectivity index (χ0) is 15.4. The molecular weight excluding hydrogens is 389 g/mol. The van der Waals surface area contributed by atoms with E-state index in [1.165, 1.54) is 19.8 Å². The molecule has 1 heterocycles. The van der Waals surface area contributed by atoms with Crippen molar-refractivity contribution in [1.29, 1.82) is 0 Å². The Morgan fingerprint density at radius 3 is 2.57 bits per heavy atom.